The summed E-state index contributed by atoms with van der Waals surface area (Å²) in [7, 11) is 0. The average Bonchev–Trinajstić information content (AvgIpc) is 2.87. The zero-order valence-electron chi connectivity index (χ0n) is 10.7. The number of nitrogens with zero attached hydrogens (tertiary/aromatic N) is 2. The molecule has 1 aromatic carbocycles. The molecular formula is C13H14BrFN2O3. The molecule has 0 saturated carbocycles. The van der Waals surface area contributed by atoms with Gasteiger partial charge in [0.25, 0.3) is 11.6 Å². The summed E-state index contributed by atoms with van der Waals surface area (Å²) in [6, 6.07) is 3.05. The monoisotopic (exact) mass is 344 g/mol. The molecule has 1 amide bonds. The van der Waals surface area contributed by atoms with Crippen LogP contribution < -0.4 is 0 Å². The molecule has 0 aromatic heterocycles. The number of benzene rings is 1. The number of alkyl halides is 1. The number of likely N-dealkylation sites (tertiary alicyclic amines) is 1. The molecule has 5 nitrogen and oxygen atoms in total. The number of carbonyl (C=O) groups is 1. The fourth-order valence-electron chi connectivity index (χ4n) is 2.41. The lowest BCUT2D eigenvalue weighted by Gasteiger charge is -2.16. The number of amides is 1. The number of hydrogen-bond acceptors (Lipinski definition) is 3. The van der Waals surface area contributed by atoms with Crippen molar-refractivity contribution in [3.8, 4) is 0 Å². The van der Waals surface area contributed by atoms with Crippen molar-refractivity contribution in [3.05, 3.63) is 39.7 Å². The molecule has 0 bridgehead atoms. The molecule has 1 unspecified atom stereocenters. The highest BCUT2D eigenvalue weighted by Crippen LogP contribution is 2.26. The second-order valence-electron chi connectivity index (χ2n) is 4.80. The second-order valence-corrected chi connectivity index (χ2v) is 5.60. The van der Waals surface area contributed by atoms with Gasteiger partial charge < -0.3 is 4.90 Å². The first-order chi connectivity index (χ1) is 9.52. The predicted molar refractivity (Wildman–Crippen MR) is 75.5 cm³/mol. The molecule has 0 spiro atoms. The highest BCUT2D eigenvalue weighted by molar-refractivity contribution is 9.09. The molecule has 2 rings (SSSR count). The lowest BCUT2D eigenvalue weighted by molar-refractivity contribution is -0.385. The van der Waals surface area contributed by atoms with E-state index >= 15 is 0 Å². The van der Waals surface area contributed by atoms with Crippen LogP contribution in [-0.2, 0) is 0 Å². The van der Waals surface area contributed by atoms with Gasteiger partial charge in [-0.1, -0.05) is 15.9 Å². The molecule has 0 N–H and O–H groups in total. The van der Waals surface area contributed by atoms with Gasteiger partial charge in [0.15, 0.2) is 0 Å². The summed E-state index contributed by atoms with van der Waals surface area (Å²) >= 11 is 3.37. The van der Waals surface area contributed by atoms with E-state index in [0.29, 0.717) is 19.0 Å². The van der Waals surface area contributed by atoms with E-state index < -0.39 is 22.3 Å². The molecule has 1 atom stereocenters. The Hall–Kier alpha value is -1.50. The zero-order valence-corrected chi connectivity index (χ0v) is 12.3. The van der Waals surface area contributed by atoms with Gasteiger partial charge in [0.1, 0.15) is 11.4 Å². The molecular weight excluding hydrogens is 331 g/mol. The van der Waals surface area contributed by atoms with Crippen LogP contribution in [-0.4, -0.2) is 34.2 Å². The van der Waals surface area contributed by atoms with Crippen molar-refractivity contribution < 1.29 is 14.1 Å². The molecule has 108 valence electrons. The standard InChI is InChI=1S/C13H14BrFN2O3/c14-5-3-9-4-6-16(8-9)13(18)11-2-1-10(15)7-12(11)17(19)20/h1-2,7,9H,3-6,8H2. The van der Waals surface area contributed by atoms with Gasteiger partial charge in [-0.05, 0) is 30.9 Å². The van der Waals surface area contributed by atoms with Crippen LogP contribution in [0.15, 0.2) is 18.2 Å². The van der Waals surface area contributed by atoms with E-state index in [0.717, 1.165) is 30.3 Å². The highest BCUT2D eigenvalue weighted by Gasteiger charge is 2.30. The Morgan fingerprint density at radius 3 is 2.95 bits per heavy atom. The maximum atomic E-state index is 13.1. The number of hydrogen-bond donors (Lipinski definition) is 0. The molecule has 1 saturated heterocycles. The van der Waals surface area contributed by atoms with Crippen LogP contribution in [0.4, 0.5) is 10.1 Å². The number of nitro benzene ring substituents is 1. The average molecular weight is 345 g/mol. The zero-order chi connectivity index (χ0) is 14.7. The first-order valence-electron chi connectivity index (χ1n) is 6.32. The molecule has 1 aliphatic rings. The lowest BCUT2D eigenvalue weighted by Crippen LogP contribution is -2.29. The minimum atomic E-state index is -0.720. The van der Waals surface area contributed by atoms with Crippen LogP contribution in [0, 0.1) is 21.8 Å². The van der Waals surface area contributed by atoms with Crippen molar-refractivity contribution in [1.29, 1.82) is 0 Å². The Labute approximate surface area is 124 Å². The maximum absolute atomic E-state index is 13.1. The van der Waals surface area contributed by atoms with E-state index in [2.05, 4.69) is 15.9 Å². The highest BCUT2D eigenvalue weighted by atomic mass is 79.9. The Balaban J connectivity index is 2.20. The SMILES string of the molecule is O=C(c1ccc(F)cc1[N+](=O)[O-])N1CCC(CCBr)C1. The fraction of sp³-hybridized carbons (Fsp3) is 0.462. The van der Waals surface area contributed by atoms with E-state index in [1.165, 1.54) is 6.07 Å². The largest absolute Gasteiger partial charge is 0.338 e. The van der Waals surface area contributed by atoms with Crippen molar-refractivity contribution in [1.82, 2.24) is 4.90 Å². The number of nitro groups is 1. The minimum Gasteiger partial charge on any atom is -0.338 e. The smallest absolute Gasteiger partial charge is 0.285 e. The minimum absolute atomic E-state index is 0.0455. The molecule has 20 heavy (non-hydrogen) atoms. The Morgan fingerprint density at radius 2 is 2.30 bits per heavy atom. The number of halogens is 2. The third-order valence-corrected chi connectivity index (χ3v) is 3.94. The predicted octanol–water partition coefficient (Wildman–Crippen LogP) is 2.98. The Kier molecular flexibility index (Phi) is 4.69. The van der Waals surface area contributed by atoms with Crippen LogP contribution in [0.3, 0.4) is 0 Å². The first kappa shape index (κ1) is 14.9. The van der Waals surface area contributed by atoms with Gasteiger partial charge in [-0.15, -0.1) is 0 Å². The van der Waals surface area contributed by atoms with Crippen LogP contribution >= 0.6 is 15.9 Å². The van der Waals surface area contributed by atoms with E-state index in [1.807, 2.05) is 0 Å². The van der Waals surface area contributed by atoms with Crippen molar-refractivity contribution in [2.45, 2.75) is 12.8 Å². The number of rotatable bonds is 4. The van der Waals surface area contributed by atoms with Crippen LogP contribution in [0.5, 0.6) is 0 Å². The van der Waals surface area contributed by atoms with Crippen molar-refractivity contribution in [2.24, 2.45) is 5.92 Å². The van der Waals surface area contributed by atoms with Crippen molar-refractivity contribution in [3.63, 3.8) is 0 Å². The first-order valence-corrected chi connectivity index (χ1v) is 7.44. The van der Waals surface area contributed by atoms with Gasteiger partial charge in [-0.25, -0.2) is 4.39 Å². The Bertz CT molecular complexity index is 538. The van der Waals surface area contributed by atoms with Crippen molar-refractivity contribution >= 4 is 27.5 Å². The molecule has 7 heteroatoms. The molecule has 1 heterocycles. The van der Waals surface area contributed by atoms with Gasteiger partial charge in [-0.3, -0.25) is 14.9 Å². The molecule has 0 aliphatic carbocycles. The third kappa shape index (κ3) is 3.15. The van der Waals surface area contributed by atoms with E-state index in [4.69, 9.17) is 0 Å². The van der Waals surface area contributed by atoms with Gasteiger partial charge in [0.05, 0.1) is 11.0 Å². The summed E-state index contributed by atoms with van der Waals surface area (Å²) in [5, 5.41) is 11.8. The van der Waals surface area contributed by atoms with E-state index in [9.17, 15) is 19.3 Å². The second kappa shape index (κ2) is 6.30. The Morgan fingerprint density at radius 1 is 1.55 bits per heavy atom. The summed E-state index contributed by atoms with van der Waals surface area (Å²) in [5.74, 6) is -0.696. The normalized spacial score (nSPS) is 18.3. The summed E-state index contributed by atoms with van der Waals surface area (Å²) in [6.45, 7) is 1.18. The van der Waals surface area contributed by atoms with Crippen LogP contribution in [0.25, 0.3) is 0 Å². The third-order valence-electron chi connectivity index (χ3n) is 3.48. The fourth-order valence-corrected chi connectivity index (χ4v) is 3.06. The van der Waals surface area contributed by atoms with Crippen molar-refractivity contribution in [2.75, 3.05) is 18.4 Å². The molecule has 1 aromatic rings. The molecule has 1 aliphatic heterocycles. The van der Waals surface area contributed by atoms with E-state index in [1.54, 1.807) is 4.90 Å². The quantitative estimate of drug-likeness (QED) is 0.479. The van der Waals surface area contributed by atoms with Crippen LogP contribution in [0.2, 0.25) is 0 Å². The molecule has 1 fully saturated rings. The maximum Gasteiger partial charge on any atom is 0.285 e. The van der Waals surface area contributed by atoms with Gasteiger partial charge in [0, 0.05) is 18.4 Å². The number of carbonyl (C=O) groups excluding carboxylic acids is 1. The molecule has 0 radical (unpaired) electrons. The summed E-state index contributed by atoms with van der Waals surface area (Å²) in [4.78, 5) is 24.1. The van der Waals surface area contributed by atoms with Gasteiger partial charge in [-0.2, -0.15) is 0 Å². The summed E-state index contributed by atoms with van der Waals surface area (Å²) < 4.78 is 13.1. The summed E-state index contributed by atoms with van der Waals surface area (Å²) in [6.07, 6.45) is 1.86. The van der Waals surface area contributed by atoms with Crippen LogP contribution in [0.1, 0.15) is 23.2 Å². The lowest BCUT2D eigenvalue weighted by atomic mass is 10.1. The summed E-state index contributed by atoms with van der Waals surface area (Å²) in [5.41, 5.74) is -0.519. The topological polar surface area (TPSA) is 63.4 Å². The van der Waals surface area contributed by atoms with Gasteiger partial charge in [0.2, 0.25) is 0 Å². The van der Waals surface area contributed by atoms with E-state index in [-0.39, 0.29) is 5.56 Å². The van der Waals surface area contributed by atoms with Gasteiger partial charge >= 0.3 is 0 Å².